The van der Waals surface area contributed by atoms with Crippen molar-refractivity contribution < 1.29 is 18.1 Å². The third kappa shape index (κ3) is 7.83. The Balaban J connectivity index is 3.47. The number of halogens is 5. The standard InChI is InChI=1S/C14H17Cl5O4S/c15-11-5-10(6-12(16)7-11)13(3-1-2-4-20,8-14(17,18)19)9-24(21,22)23/h5-7,20H,1-4,8-9H2,(H,21,22,23). The van der Waals surface area contributed by atoms with Crippen LogP contribution in [0.25, 0.3) is 0 Å². The van der Waals surface area contributed by atoms with Crippen molar-refractivity contribution in [3.05, 3.63) is 33.8 Å². The molecule has 0 spiro atoms. The fourth-order valence-corrected chi connectivity index (χ4v) is 5.11. The fourth-order valence-electron chi connectivity index (χ4n) is 2.71. The summed E-state index contributed by atoms with van der Waals surface area (Å²) < 4.78 is 30.9. The summed E-state index contributed by atoms with van der Waals surface area (Å²) in [6.45, 7) is -0.0635. The lowest BCUT2D eigenvalue weighted by Crippen LogP contribution is -2.38. The monoisotopic (exact) mass is 456 g/mol. The lowest BCUT2D eigenvalue weighted by Gasteiger charge is -2.36. The zero-order valence-electron chi connectivity index (χ0n) is 12.5. The normalized spacial score (nSPS) is 15.3. The van der Waals surface area contributed by atoms with E-state index in [1.54, 1.807) is 0 Å². The first-order chi connectivity index (χ1) is 10.9. The van der Waals surface area contributed by atoms with E-state index in [2.05, 4.69) is 0 Å². The fraction of sp³-hybridized carbons (Fsp3) is 0.571. The van der Waals surface area contributed by atoms with E-state index in [0.29, 0.717) is 28.5 Å². The molecule has 0 radical (unpaired) electrons. The molecule has 0 heterocycles. The van der Waals surface area contributed by atoms with E-state index in [-0.39, 0.29) is 19.4 Å². The molecule has 4 nitrogen and oxygen atoms in total. The Morgan fingerprint density at radius 3 is 1.96 bits per heavy atom. The number of unbranched alkanes of at least 4 members (excludes halogenated alkanes) is 1. The van der Waals surface area contributed by atoms with E-state index in [1.165, 1.54) is 18.2 Å². The van der Waals surface area contributed by atoms with Gasteiger partial charge in [-0.05, 0) is 36.6 Å². The molecule has 1 unspecified atom stereocenters. The minimum absolute atomic E-state index is 0.0635. The number of benzene rings is 1. The maximum absolute atomic E-state index is 11.6. The summed E-state index contributed by atoms with van der Waals surface area (Å²) >= 11 is 29.8. The minimum atomic E-state index is -4.39. The highest BCUT2D eigenvalue weighted by Gasteiger charge is 2.42. The van der Waals surface area contributed by atoms with Crippen LogP contribution >= 0.6 is 58.0 Å². The van der Waals surface area contributed by atoms with Crippen LogP contribution in [0.1, 0.15) is 31.2 Å². The summed E-state index contributed by atoms with van der Waals surface area (Å²) in [6, 6.07) is 4.57. The van der Waals surface area contributed by atoms with Crippen LogP contribution in [-0.2, 0) is 15.5 Å². The van der Waals surface area contributed by atoms with Gasteiger partial charge in [0.1, 0.15) is 0 Å². The molecule has 1 atom stereocenters. The van der Waals surface area contributed by atoms with E-state index >= 15 is 0 Å². The lowest BCUT2D eigenvalue weighted by molar-refractivity contribution is 0.272. The van der Waals surface area contributed by atoms with Crippen molar-refractivity contribution >= 4 is 68.1 Å². The SMILES string of the molecule is O=S(=O)(O)CC(CCCCO)(CC(Cl)(Cl)Cl)c1cc(Cl)cc(Cl)c1. The van der Waals surface area contributed by atoms with Crippen molar-refractivity contribution in [3.8, 4) is 0 Å². The van der Waals surface area contributed by atoms with Gasteiger partial charge in [0.2, 0.25) is 0 Å². The van der Waals surface area contributed by atoms with Gasteiger partial charge in [0.05, 0.1) is 5.75 Å². The second-order valence-corrected chi connectivity index (χ2v) is 10.5. The molecule has 0 aliphatic heterocycles. The predicted molar refractivity (Wildman–Crippen MR) is 100 cm³/mol. The minimum Gasteiger partial charge on any atom is -0.396 e. The molecule has 1 rings (SSSR count). The predicted octanol–water partition coefficient (Wildman–Crippen LogP) is 5.04. The molecule has 0 bridgehead atoms. The second kappa shape index (κ2) is 8.96. The number of aliphatic hydroxyl groups excluding tert-OH is 1. The molecule has 10 heteroatoms. The molecule has 0 fully saturated rings. The number of hydrogen-bond donors (Lipinski definition) is 2. The van der Waals surface area contributed by atoms with Gasteiger partial charge in [-0.2, -0.15) is 8.42 Å². The van der Waals surface area contributed by atoms with Crippen LogP contribution in [0.15, 0.2) is 18.2 Å². The second-order valence-electron chi connectivity index (χ2n) is 5.64. The topological polar surface area (TPSA) is 74.6 Å². The average molecular weight is 459 g/mol. The summed E-state index contributed by atoms with van der Waals surface area (Å²) in [5, 5.41) is 9.59. The molecule has 0 aliphatic rings. The molecule has 0 saturated carbocycles. The molecular weight excluding hydrogens is 441 g/mol. The third-order valence-electron chi connectivity index (χ3n) is 3.54. The third-order valence-corrected chi connectivity index (χ3v) is 5.29. The first kappa shape index (κ1) is 22.6. The Kier molecular flexibility index (Phi) is 8.43. The molecule has 0 aliphatic carbocycles. The quantitative estimate of drug-likeness (QED) is 0.325. The summed E-state index contributed by atoms with van der Waals surface area (Å²) in [5.74, 6) is -0.657. The highest BCUT2D eigenvalue weighted by Crippen LogP contribution is 2.46. The first-order valence-corrected chi connectivity index (χ1v) is 10.5. The van der Waals surface area contributed by atoms with Gasteiger partial charge >= 0.3 is 0 Å². The Morgan fingerprint density at radius 2 is 1.54 bits per heavy atom. The van der Waals surface area contributed by atoms with Gasteiger partial charge in [-0.1, -0.05) is 64.4 Å². The van der Waals surface area contributed by atoms with Crippen LogP contribution < -0.4 is 0 Å². The van der Waals surface area contributed by atoms with E-state index in [1.807, 2.05) is 0 Å². The van der Waals surface area contributed by atoms with Crippen molar-refractivity contribution in [2.24, 2.45) is 0 Å². The van der Waals surface area contributed by atoms with Gasteiger partial charge < -0.3 is 5.11 Å². The Labute approximate surface area is 166 Å². The highest BCUT2D eigenvalue weighted by atomic mass is 35.6. The van der Waals surface area contributed by atoms with E-state index in [9.17, 15) is 13.0 Å². The molecular formula is C14H17Cl5O4S. The summed E-state index contributed by atoms with van der Waals surface area (Å²) in [5.41, 5.74) is -0.774. The van der Waals surface area contributed by atoms with Gasteiger partial charge in [0, 0.05) is 28.5 Å². The average Bonchev–Trinajstić information content (AvgIpc) is 2.33. The summed E-state index contributed by atoms with van der Waals surface area (Å²) in [6.07, 6.45) is 0.961. The molecule has 24 heavy (non-hydrogen) atoms. The number of rotatable bonds is 8. The van der Waals surface area contributed by atoms with Crippen LogP contribution in [0, 0.1) is 0 Å². The largest absolute Gasteiger partial charge is 0.396 e. The van der Waals surface area contributed by atoms with Crippen molar-refractivity contribution in [3.63, 3.8) is 0 Å². The first-order valence-electron chi connectivity index (χ1n) is 6.96. The number of aliphatic hydroxyl groups is 1. The van der Waals surface area contributed by atoms with Crippen LogP contribution in [0.5, 0.6) is 0 Å². The lowest BCUT2D eigenvalue weighted by atomic mass is 9.75. The van der Waals surface area contributed by atoms with Crippen LogP contribution in [0.2, 0.25) is 10.0 Å². The van der Waals surface area contributed by atoms with Crippen LogP contribution in [0.4, 0.5) is 0 Å². The van der Waals surface area contributed by atoms with Gasteiger partial charge in [0.15, 0.2) is 3.79 Å². The van der Waals surface area contributed by atoms with Gasteiger partial charge in [-0.3, -0.25) is 4.55 Å². The number of alkyl halides is 3. The molecule has 2 N–H and O–H groups in total. The highest BCUT2D eigenvalue weighted by molar-refractivity contribution is 7.85. The summed E-state index contributed by atoms with van der Waals surface area (Å²) in [4.78, 5) is 0. The number of hydrogen-bond acceptors (Lipinski definition) is 3. The maximum atomic E-state index is 11.6. The zero-order valence-corrected chi connectivity index (χ0v) is 17.1. The molecule has 0 aromatic heterocycles. The molecule has 1 aromatic carbocycles. The van der Waals surface area contributed by atoms with E-state index in [4.69, 9.17) is 63.1 Å². The summed E-state index contributed by atoms with van der Waals surface area (Å²) in [7, 11) is -4.39. The molecule has 1 aromatic rings. The molecule has 138 valence electrons. The molecule has 0 saturated heterocycles. The Morgan fingerprint density at radius 1 is 1.00 bits per heavy atom. The van der Waals surface area contributed by atoms with Crippen molar-refractivity contribution in [1.29, 1.82) is 0 Å². The van der Waals surface area contributed by atoms with E-state index in [0.717, 1.165) is 0 Å². The zero-order chi connectivity index (χ0) is 18.6. The van der Waals surface area contributed by atoms with Crippen molar-refractivity contribution in [2.75, 3.05) is 12.4 Å². The van der Waals surface area contributed by atoms with Crippen molar-refractivity contribution in [1.82, 2.24) is 0 Å². The van der Waals surface area contributed by atoms with Gasteiger partial charge in [0.25, 0.3) is 10.1 Å². The van der Waals surface area contributed by atoms with E-state index < -0.39 is 25.1 Å². The van der Waals surface area contributed by atoms with Gasteiger partial charge in [-0.25, -0.2) is 0 Å². The smallest absolute Gasteiger partial charge is 0.265 e. The Bertz CT molecular complexity index is 639. The Hall–Kier alpha value is 0.540. The van der Waals surface area contributed by atoms with Crippen LogP contribution in [0.3, 0.4) is 0 Å². The maximum Gasteiger partial charge on any atom is 0.265 e. The van der Waals surface area contributed by atoms with Crippen molar-refractivity contribution in [2.45, 2.75) is 34.9 Å². The van der Waals surface area contributed by atoms with Gasteiger partial charge in [-0.15, -0.1) is 0 Å². The molecule has 0 amide bonds. The van der Waals surface area contributed by atoms with Crippen LogP contribution in [-0.4, -0.2) is 34.2 Å².